The molecule has 0 aromatic heterocycles. The number of carbonyl (C=O) groups excluding carboxylic acids is 2. The quantitative estimate of drug-likeness (QED) is 0.342. The molecule has 0 unspecified atom stereocenters. The number of hydrogen-bond donors (Lipinski definition) is 0. The second-order valence-corrected chi connectivity index (χ2v) is 14.9. The van der Waals surface area contributed by atoms with Gasteiger partial charge in [0.1, 0.15) is 6.61 Å². The van der Waals surface area contributed by atoms with Crippen LogP contribution in [-0.4, -0.2) is 29.6 Å². The van der Waals surface area contributed by atoms with Crippen LogP contribution in [0.3, 0.4) is 0 Å². The van der Waals surface area contributed by atoms with Crippen molar-refractivity contribution in [2.75, 3.05) is 7.11 Å². The van der Waals surface area contributed by atoms with E-state index in [0.29, 0.717) is 37.0 Å². The van der Waals surface area contributed by atoms with E-state index >= 15 is 0 Å². The van der Waals surface area contributed by atoms with Crippen LogP contribution in [0.15, 0.2) is 65.0 Å². The molecule has 4 aliphatic rings. The first kappa shape index (κ1) is 29.7. The van der Waals surface area contributed by atoms with E-state index in [2.05, 4.69) is 63.8 Å². The Balaban J connectivity index is 1.47. The summed E-state index contributed by atoms with van der Waals surface area (Å²) in [6, 6.07) is 14.7. The van der Waals surface area contributed by atoms with Crippen LogP contribution in [0.1, 0.15) is 108 Å². The number of methoxy groups -OCH3 is 1. The number of nitrogens with zero attached hydrogens (tertiary/aromatic N) is 1. The van der Waals surface area contributed by atoms with Gasteiger partial charge in [0, 0.05) is 47.3 Å². The second-order valence-electron chi connectivity index (χ2n) is 14.9. The minimum absolute atomic E-state index is 0.120. The van der Waals surface area contributed by atoms with Crippen LogP contribution < -0.4 is 9.47 Å². The highest BCUT2D eigenvalue weighted by atomic mass is 16.5. The summed E-state index contributed by atoms with van der Waals surface area (Å²) < 4.78 is 12.1. The number of hydrogen-bond acceptors (Lipinski definition) is 5. The molecule has 1 saturated carbocycles. The van der Waals surface area contributed by atoms with Gasteiger partial charge in [0.25, 0.3) is 0 Å². The number of allylic oxidation sites excluding steroid dienone is 4. The van der Waals surface area contributed by atoms with Gasteiger partial charge >= 0.3 is 0 Å². The summed E-state index contributed by atoms with van der Waals surface area (Å²) in [5.74, 6) is 1.26. The highest BCUT2D eigenvalue weighted by Crippen LogP contribution is 2.56. The highest BCUT2D eigenvalue weighted by molar-refractivity contribution is 6.06. The lowest BCUT2D eigenvalue weighted by molar-refractivity contribution is -0.119. The predicted molar refractivity (Wildman–Crippen MR) is 170 cm³/mol. The van der Waals surface area contributed by atoms with Crippen LogP contribution in [0.2, 0.25) is 0 Å². The van der Waals surface area contributed by atoms with Gasteiger partial charge in [-0.05, 0) is 66.7 Å². The first-order valence-electron chi connectivity index (χ1n) is 16.1. The van der Waals surface area contributed by atoms with Gasteiger partial charge in [-0.15, -0.1) is 0 Å². The Labute approximate surface area is 257 Å². The minimum Gasteiger partial charge on any atom is -0.493 e. The van der Waals surface area contributed by atoms with Crippen molar-refractivity contribution >= 4 is 11.6 Å². The lowest BCUT2D eigenvalue weighted by Gasteiger charge is -2.52. The molecule has 0 radical (unpaired) electrons. The first-order chi connectivity index (χ1) is 20.5. The average Bonchev–Trinajstić information content (AvgIpc) is 2.95. The van der Waals surface area contributed by atoms with Crippen LogP contribution >= 0.6 is 0 Å². The summed E-state index contributed by atoms with van der Waals surface area (Å²) in [5.41, 5.74) is 7.01. The number of ketones is 2. The number of benzene rings is 2. The van der Waals surface area contributed by atoms with Gasteiger partial charge in [0.05, 0.1) is 7.11 Å². The highest BCUT2D eigenvalue weighted by Gasteiger charge is 2.50. The topological polar surface area (TPSA) is 55.8 Å². The maximum absolute atomic E-state index is 14.2. The molecular formula is C38H47NO4. The zero-order chi connectivity index (χ0) is 30.5. The van der Waals surface area contributed by atoms with Gasteiger partial charge in [-0.25, -0.2) is 0 Å². The number of ether oxygens (including phenoxy) is 2. The van der Waals surface area contributed by atoms with Crippen molar-refractivity contribution in [3.8, 4) is 11.5 Å². The number of carbonyl (C=O) groups is 2. The Hall–Kier alpha value is -3.34. The van der Waals surface area contributed by atoms with Crippen molar-refractivity contribution in [1.82, 2.24) is 4.90 Å². The minimum atomic E-state index is -0.378. The van der Waals surface area contributed by atoms with E-state index in [9.17, 15) is 9.59 Å². The van der Waals surface area contributed by atoms with Crippen molar-refractivity contribution in [2.45, 2.75) is 111 Å². The molecule has 0 N–H and O–H groups in total. The van der Waals surface area contributed by atoms with Crippen LogP contribution in [0.25, 0.3) is 0 Å². The third-order valence-electron chi connectivity index (χ3n) is 9.93. The standard InChI is InChI=1S/C38H47NO4/c1-24-12-14-25(15-13-24)23-43-32-17-16-26(18-33(32)42-6)34-35-28(19-37(2,3)21-30(35)40)39(27-10-8-7-9-11-27)29-20-38(4,5)22-31(41)36(29)34/h12-18,27,34H,7-11,19-23H2,1-6H3. The van der Waals surface area contributed by atoms with Crippen molar-refractivity contribution in [3.05, 3.63) is 81.7 Å². The molecule has 228 valence electrons. The Kier molecular flexibility index (Phi) is 7.81. The van der Waals surface area contributed by atoms with Crippen molar-refractivity contribution in [3.63, 3.8) is 0 Å². The van der Waals surface area contributed by atoms with Crippen molar-refractivity contribution in [2.24, 2.45) is 10.8 Å². The number of aryl methyl sites for hydroxylation is 1. The van der Waals surface area contributed by atoms with Crippen LogP contribution in [-0.2, 0) is 16.2 Å². The Morgan fingerprint density at radius 3 is 1.91 bits per heavy atom. The van der Waals surface area contributed by atoms with Gasteiger partial charge in [-0.3, -0.25) is 9.59 Å². The van der Waals surface area contributed by atoms with Crippen LogP contribution in [0.5, 0.6) is 11.5 Å². The summed E-state index contributed by atoms with van der Waals surface area (Å²) in [6.07, 6.45) is 8.58. The molecule has 3 aliphatic carbocycles. The van der Waals surface area contributed by atoms with E-state index < -0.39 is 0 Å². The molecular weight excluding hydrogens is 534 g/mol. The monoisotopic (exact) mass is 581 g/mol. The van der Waals surface area contributed by atoms with E-state index in [1.54, 1.807) is 7.11 Å². The molecule has 6 rings (SSSR count). The summed E-state index contributed by atoms with van der Waals surface area (Å²) in [4.78, 5) is 30.9. The molecule has 43 heavy (non-hydrogen) atoms. The molecule has 0 bridgehead atoms. The molecule has 0 spiro atoms. The summed E-state index contributed by atoms with van der Waals surface area (Å²) in [5, 5.41) is 0. The molecule has 0 saturated heterocycles. The lowest BCUT2D eigenvalue weighted by atomic mass is 9.63. The van der Waals surface area contributed by atoms with E-state index in [0.717, 1.165) is 48.0 Å². The van der Waals surface area contributed by atoms with Gasteiger partial charge in [0.15, 0.2) is 23.1 Å². The van der Waals surface area contributed by atoms with E-state index in [1.165, 1.54) is 36.2 Å². The molecule has 0 amide bonds. The smallest absolute Gasteiger partial charge is 0.162 e. The molecule has 2 aromatic rings. The SMILES string of the molecule is COc1cc(C2C3=C(CC(C)(C)CC3=O)N(C3CCCCC3)C3=C2C(=O)CC(C)(C)C3)ccc1OCc1ccc(C)cc1. The fourth-order valence-corrected chi connectivity index (χ4v) is 7.94. The molecule has 1 heterocycles. The average molecular weight is 582 g/mol. The van der Waals surface area contributed by atoms with Crippen LogP contribution in [0, 0.1) is 17.8 Å². The zero-order valence-electron chi connectivity index (χ0n) is 26.8. The lowest BCUT2D eigenvalue weighted by Crippen LogP contribution is -2.48. The third kappa shape index (κ3) is 5.80. The van der Waals surface area contributed by atoms with E-state index in [1.807, 2.05) is 18.2 Å². The molecule has 1 fully saturated rings. The number of Topliss-reactive ketones (excluding diaryl/α,β-unsaturated/α-hetero) is 2. The third-order valence-corrected chi connectivity index (χ3v) is 9.93. The fraction of sp³-hybridized carbons (Fsp3) is 0.526. The van der Waals surface area contributed by atoms with Gasteiger partial charge < -0.3 is 14.4 Å². The summed E-state index contributed by atoms with van der Waals surface area (Å²) >= 11 is 0. The maximum Gasteiger partial charge on any atom is 0.162 e. The molecule has 0 atom stereocenters. The summed E-state index contributed by atoms with van der Waals surface area (Å²) in [7, 11) is 1.65. The van der Waals surface area contributed by atoms with Gasteiger partial charge in [-0.2, -0.15) is 0 Å². The predicted octanol–water partition coefficient (Wildman–Crippen LogP) is 8.60. The molecule has 2 aromatic carbocycles. The Morgan fingerprint density at radius 2 is 1.35 bits per heavy atom. The normalized spacial score (nSPS) is 22.4. The Bertz CT molecular complexity index is 1430. The van der Waals surface area contributed by atoms with Crippen molar-refractivity contribution < 1.29 is 19.1 Å². The van der Waals surface area contributed by atoms with Gasteiger partial charge in [-0.1, -0.05) is 82.9 Å². The second kappa shape index (κ2) is 11.3. The van der Waals surface area contributed by atoms with E-state index in [4.69, 9.17) is 9.47 Å². The molecule has 5 heteroatoms. The summed E-state index contributed by atoms with van der Waals surface area (Å²) in [6.45, 7) is 11.4. The van der Waals surface area contributed by atoms with Crippen molar-refractivity contribution in [1.29, 1.82) is 0 Å². The van der Waals surface area contributed by atoms with E-state index in [-0.39, 0.29) is 28.3 Å². The first-order valence-corrected chi connectivity index (χ1v) is 16.1. The Morgan fingerprint density at radius 1 is 0.767 bits per heavy atom. The molecule has 5 nitrogen and oxygen atoms in total. The maximum atomic E-state index is 14.2. The largest absolute Gasteiger partial charge is 0.493 e. The van der Waals surface area contributed by atoms with Crippen LogP contribution in [0.4, 0.5) is 0 Å². The molecule has 1 aliphatic heterocycles. The zero-order valence-corrected chi connectivity index (χ0v) is 26.8. The number of rotatable bonds is 6. The van der Waals surface area contributed by atoms with Gasteiger partial charge in [0.2, 0.25) is 0 Å². The fourth-order valence-electron chi connectivity index (χ4n) is 7.94.